The van der Waals surface area contributed by atoms with Crippen LogP contribution in [0.1, 0.15) is 6.92 Å². The van der Waals surface area contributed by atoms with Crippen molar-refractivity contribution in [3.8, 4) is 5.75 Å². The van der Waals surface area contributed by atoms with Crippen LogP contribution >= 0.6 is 0 Å². The molecule has 2 amide bonds. The second-order valence-electron chi connectivity index (χ2n) is 3.96. The summed E-state index contributed by atoms with van der Waals surface area (Å²) in [6.07, 6.45) is -0.993. The second-order valence-corrected chi connectivity index (χ2v) is 3.96. The fourth-order valence-corrected chi connectivity index (χ4v) is 1.65. The summed E-state index contributed by atoms with van der Waals surface area (Å²) in [6.45, 7) is 1.67. The minimum Gasteiger partial charge on any atom is -0.479 e. The zero-order valence-corrected chi connectivity index (χ0v) is 10.4. The topological polar surface area (TPSA) is 67.9 Å². The molecule has 1 aliphatic rings. The summed E-state index contributed by atoms with van der Waals surface area (Å²) < 4.78 is 10.0. The van der Waals surface area contributed by atoms with Crippen LogP contribution in [0.5, 0.6) is 5.75 Å². The van der Waals surface area contributed by atoms with Gasteiger partial charge < -0.3 is 14.8 Å². The van der Waals surface area contributed by atoms with Gasteiger partial charge in [0, 0.05) is 12.7 Å². The van der Waals surface area contributed by atoms with Crippen LogP contribution < -0.4 is 15.0 Å². The third-order valence-electron chi connectivity index (χ3n) is 2.73. The van der Waals surface area contributed by atoms with E-state index >= 15 is 0 Å². The summed E-state index contributed by atoms with van der Waals surface area (Å²) in [5, 5.41) is 2.72. The zero-order chi connectivity index (χ0) is 13.3. The number of amides is 2. The maximum Gasteiger partial charge on any atom is 0.413 e. The molecule has 0 aromatic heterocycles. The molecule has 0 bridgehead atoms. The van der Waals surface area contributed by atoms with Gasteiger partial charge in [0.25, 0.3) is 5.91 Å². The Balaban J connectivity index is 2.30. The van der Waals surface area contributed by atoms with Crippen molar-refractivity contribution in [3.05, 3.63) is 18.2 Å². The molecule has 6 heteroatoms. The molecule has 0 fully saturated rings. The van der Waals surface area contributed by atoms with Gasteiger partial charge in [0.1, 0.15) is 5.75 Å². The van der Waals surface area contributed by atoms with E-state index in [9.17, 15) is 9.59 Å². The Morgan fingerprint density at radius 2 is 2.22 bits per heavy atom. The van der Waals surface area contributed by atoms with E-state index in [1.807, 2.05) is 0 Å². The number of methoxy groups -OCH3 is 1. The molecule has 0 radical (unpaired) electrons. The molecule has 1 N–H and O–H groups in total. The maximum absolute atomic E-state index is 11.5. The first-order valence-corrected chi connectivity index (χ1v) is 5.46. The highest BCUT2D eigenvalue weighted by Gasteiger charge is 2.24. The van der Waals surface area contributed by atoms with Gasteiger partial charge >= 0.3 is 6.09 Å². The van der Waals surface area contributed by atoms with E-state index in [1.165, 1.54) is 12.0 Å². The molecular weight excluding hydrogens is 236 g/mol. The minimum atomic E-state index is -0.512. The Morgan fingerprint density at radius 1 is 1.50 bits per heavy atom. The summed E-state index contributed by atoms with van der Waals surface area (Å²) in [6, 6.07) is 5.09. The summed E-state index contributed by atoms with van der Waals surface area (Å²) in [4.78, 5) is 24.2. The quantitative estimate of drug-likeness (QED) is 0.822. The van der Waals surface area contributed by atoms with E-state index in [1.54, 1.807) is 32.2 Å². The molecular formula is C12H14N2O4. The lowest BCUT2D eigenvalue weighted by atomic mass is 10.2. The molecule has 6 nitrogen and oxygen atoms in total. The highest BCUT2D eigenvalue weighted by molar-refractivity contribution is 5.98. The van der Waals surface area contributed by atoms with Crippen molar-refractivity contribution in [2.24, 2.45) is 0 Å². The third-order valence-corrected chi connectivity index (χ3v) is 2.73. The number of carbonyl (C=O) groups is 2. The predicted molar refractivity (Wildman–Crippen MR) is 66.0 cm³/mol. The molecule has 96 valence electrons. The number of nitrogens with one attached hydrogen (secondary N) is 1. The van der Waals surface area contributed by atoms with Crippen LogP contribution in [0.4, 0.5) is 16.2 Å². The molecule has 18 heavy (non-hydrogen) atoms. The van der Waals surface area contributed by atoms with Crippen molar-refractivity contribution in [2.45, 2.75) is 13.0 Å². The second kappa shape index (κ2) is 4.56. The van der Waals surface area contributed by atoms with Crippen molar-refractivity contribution in [1.29, 1.82) is 0 Å². The third kappa shape index (κ3) is 2.09. The number of nitrogens with zero attached hydrogens (tertiary/aromatic N) is 1. The molecule has 0 spiro atoms. The van der Waals surface area contributed by atoms with Gasteiger partial charge in [0.15, 0.2) is 6.10 Å². The Morgan fingerprint density at radius 3 is 2.89 bits per heavy atom. The summed E-state index contributed by atoms with van der Waals surface area (Å²) >= 11 is 0. The normalized spacial score (nSPS) is 17.3. The molecule has 1 aromatic carbocycles. The monoisotopic (exact) mass is 250 g/mol. The van der Waals surface area contributed by atoms with Crippen LogP contribution in [0, 0.1) is 0 Å². The van der Waals surface area contributed by atoms with Crippen LogP contribution in [0.3, 0.4) is 0 Å². The van der Waals surface area contributed by atoms with Crippen molar-refractivity contribution in [1.82, 2.24) is 0 Å². The smallest absolute Gasteiger partial charge is 0.413 e. The number of ether oxygens (including phenoxy) is 2. The summed E-state index contributed by atoms with van der Waals surface area (Å²) in [5.74, 6) is 0.379. The van der Waals surface area contributed by atoms with Gasteiger partial charge in [-0.15, -0.1) is 0 Å². The van der Waals surface area contributed by atoms with E-state index in [0.717, 1.165) is 0 Å². The van der Waals surface area contributed by atoms with Gasteiger partial charge in [-0.1, -0.05) is 0 Å². The van der Waals surface area contributed by atoms with Crippen molar-refractivity contribution in [3.63, 3.8) is 0 Å². The molecule has 2 rings (SSSR count). The standard InChI is InChI=1S/C12H14N2O4/c1-7-11(15)13-9-6-8(4-5-10(9)18-7)14(2)12(16)17-3/h4-7H,1-3H3,(H,13,15). The molecule has 1 unspecified atom stereocenters. The number of hydrogen-bond acceptors (Lipinski definition) is 4. The number of hydrogen-bond donors (Lipinski definition) is 1. The van der Waals surface area contributed by atoms with Gasteiger partial charge in [0.05, 0.1) is 12.8 Å². The number of benzene rings is 1. The van der Waals surface area contributed by atoms with Gasteiger partial charge in [-0.2, -0.15) is 0 Å². The predicted octanol–water partition coefficient (Wildman–Crippen LogP) is 1.61. The molecule has 0 aliphatic carbocycles. The SMILES string of the molecule is COC(=O)N(C)c1ccc2c(c1)NC(=O)C(C)O2. The first-order valence-electron chi connectivity index (χ1n) is 5.46. The Hall–Kier alpha value is -2.24. The largest absolute Gasteiger partial charge is 0.479 e. The average molecular weight is 250 g/mol. The molecule has 1 aromatic rings. The van der Waals surface area contributed by atoms with Crippen molar-refractivity contribution >= 4 is 23.4 Å². The number of anilines is 2. The molecule has 1 aliphatic heterocycles. The van der Waals surface area contributed by atoms with Gasteiger partial charge in [-0.3, -0.25) is 9.69 Å². The first-order chi connectivity index (χ1) is 8.52. The molecule has 1 atom stereocenters. The minimum absolute atomic E-state index is 0.208. The van der Waals surface area contributed by atoms with Crippen LogP contribution in [0.2, 0.25) is 0 Å². The Labute approximate surface area is 104 Å². The van der Waals surface area contributed by atoms with E-state index in [2.05, 4.69) is 10.1 Å². The summed E-state index contributed by atoms with van der Waals surface area (Å²) in [7, 11) is 2.89. The van der Waals surface area contributed by atoms with E-state index in [4.69, 9.17) is 4.74 Å². The number of carbonyl (C=O) groups excluding carboxylic acids is 2. The van der Waals surface area contributed by atoms with E-state index in [-0.39, 0.29) is 5.91 Å². The first kappa shape index (κ1) is 12.2. The fourth-order valence-electron chi connectivity index (χ4n) is 1.65. The lowest BCUT2D eigenvalue weighted by Crippen LogP contribution is -2.34. The highest BCUT2D eigenvalue weighted by atomic mass is 16.5. The van der Waals surface area contributed by atoms with Crippen molar-refractivity contribution < 1.29 is 19.1 Å². The lowest BCUT2D eigenvalue weighted by molar-refractivity contribution is -0.122. The molecule has 0 saturated heterocycles. The number of rotatable bonds is 1. The Bertz CT molecular complexity index is 501. The number of fused-ring (bicyclic) bond motifs is 1. The maximum atomic E-state index is 11.5. The van der Waals surface area contributed by atoms with E-state index < -0.39 is 12.2 Å². The van der Waals surface area contributed by atoms with Gasteiger partial charge in [-0.05, 0) is 25.1 Å². The highest BCUT2D eigenvalue weighted by Crippen LogP contribution is 2.33. The van der Waals surface area contributed by atoms with E-state index in [0.29, 0.717) is 17.1 Å². The lowest BCUT2D eigenvalue weighted by Gasteiger charge is -2.25. The average Bonchev–Trinajstić information content (AvgIpc) is 2.37. The van der Waals surface area contributed by atoms with Gasteiger partial charge in [0.2, 0.25) is 0 Å². The van der Waals surface area contributed by atoms with Crippen molar-refractivity contribution in [2.75, 3.05) is 24.4 Å². The van der Waals surface area contributed by atoms with Crippen LogP contribution in [0.25, 0.3) is 0 Å². The Kier molecular flexibility index (Phi) is 3.10. The van der Waals surface area contributed by atoms with Crippen LogP contribution in [-0.2, 0) is 9.53 Å². The van der Waals surface area contributed by atoms with Crippen LogP contribution in [-0.4, -0.2) is 32.3 Å². The zero-order valence-electron chi connectivity index (χ0n) is 10.4. The molecule has 1 heterocycles. The molecule has 0 saturated carbocycles. The fraction of sp³-hybridized carbons (Fsp3) is 0.333. The summed E-state index contributed by atoms with van der Waals surface area (Å²) in [5.41, 5.74) is 1.16. The van der Waals surface area contributed by atoms with Gasteiger partial charge in [-0.25, -0.2) is 4.79 Å². The van der Waals surface area contributed by atoms with Crippen LogP contribution in [0.15, 0.2) is 18.2 Å².